The fourth-order valence-corrected chi connectivity index (χ4v) is 2.88. The molecule has 140 valence electrons. The molecule has 0 radical (unpaired) electrons. The second kappa shape index (κ2) is 8.20. The quantitative estimate of drug-likeness (QED) is 0.808. The summed E-state index contributed by atoms with van der Waals surface area (Å²) >= 11 is 5.88. The van der Waals surface area contributed by atoms with Crippen LogP contribution in [0.25, 0.3) is 0 Å². The summed E-state index contributed by atoms with van der Waals surface area (Å²) in [6, 6.07) is 6.73. The molecule has 0 saturated carbocycles. The molecule has 9 heteroatoms. The Balaban J connectivity index is 1.76. The first kappa shape index (κ1) is 18.9. The lowest BCUT2D eigenvalue weighted by Gasteiger charge is -2.23. The van der Waals surface area contributed by atoms with Crippen LogP contribution in [0.2, 0.25) is 5.02 Å². The smallest absolute Gasteiger partial charge is 0.381 e. The van der Waals surface area contributed by atoms with Crippen LogP contribution in [0.3, 0.4) is 0 Å². The number of anilines is 2. The number of ether oxygens (including phenoxy) is 1. The molecule has 3 rings (SSSR count). The molecule has 5 nitrogen and oxygen atoms in total. The zero-order chi connectivity index (χ0) is 18.6. The van der Waals surface area contributed by atoms with Crippen LogP contribution in [0.1, 0.15) is 24.1 Å². The molecule has 0 aliphatic carbocycles. The Labute approximate surface area is 153 Å². The predicted octanol–water partition coefficient (Wildman–Crippen LogP) is 4.16. The van der Waals surface area contributed by atoms with E-state index in [0.717, 1.165) is 12.8 Å². The van der Waals surface area contributed by atoms with Gasteiger partial charge < -0.3 is 15.4 Å². The van der Waals surface area contributed by atoms with E-state index in [2.05, 4.69) is 20.6 Å². The number of benzene rings is 1. The van der Waals surface area contributed by atoms with Crippen LogP contribution < -0.4 is 10.6 Å². The van der Waals surface area contributed by atoms with E-state index in [-0.39, 0.29) is 24.1 Å². The highest BCUT2D eigenvalue weighted by atomic mass is 35.5. The Bertz CT molecular complexity index is 751. The molecule has 1 saturated heterocycles. The Morgan fingerprint density at radius 1 is 1.23 bits per heavy atom. The lowest BCUT2D eigenvalue weighted by atomic mass is 10.1. The van der Waals surface area contributed by atoms with Gasteiger partial charge in [-0.3, -0.25) is 0 Å². The van der Waals surface area contributed by atoms with Crippen molar-refractivity contribution in [3.63, 3.8) is 0 Å². The molecule has 0 bridgehead atoms. The number of hydrogen-bond acceptors (Lipinski definition) is 5. The first-order chi connectivity index (χ1) is 12.4. The number of alkyl halides is 3. The Morgan fingerprint density at radius 2 is 2.00 bits per heavy atom. The van der Waals surface area contributed by atoms with Gasteiger partial charge >= 0.3 is 6.18 Å². The predicted molar refractivity (Wildman–Crippen MR) is 92.4 cm³/mol. The number of nitrogens with zero attached hydrogens (tertiary/aromatic N) is 2. The van der Waals surface area contributed by atoms with Gasteiger partial charge in [-0.2, -0.15) is 13.2 Å². The largest absolute Gasteiger partial charge is 0.433 e. The fourth-order valence-electron chi connectivity index (χ4n) is 2.69. The lowest BCUT2D eigenvalue weighted by molar-refractivity contribution is -0.141. The van der Waals surface area contributed by atoms with E-state index < -0.39 is 11.9 Å². The molecule has 0 unspecified atom stereocenters. The molecular formula is C17H18ClF3N4O. The lowest BCUT2D eigenvalue weighted by Crippen LogP contribution is -2.35. The van der Waals surface area contributed by atoms with Crippen LogP contribution in [0.15, 0.2) is 30.5 Å². The number of nitrogens with one attached hydrogen (secondary N) is 2. The van der Waals surface area contributed by atoms with Gasteiger partial charge in [0, 0.05) is 48.3 Å². The van der Waals surface area contributed by atoms with E-state index in [4.69, 9.17) is 16.3 Å². The zero-order valence-electron chi connectivity index (χ0n) is 13.8. The second-order valence-corrected chi connectivity index (χ2v) is 6.40. The number of halogens is 4. The van der Waals surface area contributed by atoms with Gasteiger partial charge in [-0.05, 0) is 31.0 Å². The molecule has 1 fully saturated rings. The van der Waals surface area contributed by atoms with Crippen LogP contribution in [0.4, 0.5) is 24.8 Å². The maximum atomic E-state index is 13.4. The van der Waals surface area contributed by atoms with Crippen LogP contribution in [0.5, 0.6) is 0 Å². The molecule has 1 aliphatic rings. The van der Waals surface area contributed by atoms with Crippen molar-refractivity contribution in [1.82, 2.24) is 15.3 Å². The molecule has 1 aliphatic heterocycles. The zero-order valence-corrected chi connectivity index (χ0v) is 14.6. The Hall–Kier alpha value is -1.90. The summed E-state index contributed by atoms with van der Waals surface area (Å²) < 4.78 is 45.5. The third-order valence-electron chi connectivity index (χ3n) is 4.02. The molecule has 0 atom stereocenters. The third-order valence-corrected chi connectivity index (χ3v) is 4.25. The summed E-state index contributed by atoms with van der Waals surface area (Å²) in [5.74, 6) is -0.130. The Morgan fingerprint density at radius 3 is 2.69 bits per heavy atom. The minimum atomic E-state index is -4.57. The third kappa shape index (κ3) is 5.06. The van der Waals surface area contributed by atoms with Crippen LogP contribution in [-0.2, 0) is 17.5 Å². The number of aromatic nitrogens is 2. The van der Waals surface area contributed by atoms with Gasteiger partial charge in [0.05, 0.1) is 0 Å². The van der Waals surface area contributed by atoms with Gasteiger partial charge in [0.25, 0.3) is 0 Å². The molecule has 0 amide bonds. The molecular weight excluding hydrogens is 369 g/mol. The highest BCUT2D eigenvalue weighted by Gasteiger charge is 2.36. The molecule has 2 heterocycles. The van der Waals surface area contributed by atoms with Gasteiger partial charge in [0.15, 0.2) is 5.69 Å². The van der Waals surface area contributed by atoms with E-state index in [1.807, 2.05) is 0 Å². The van der Waals surface area contributed by atoms with Crippen molar-refractivity contribution < 1.29 is 17.9 Å². The highest BCUT2D eigenvalue weighted by molar-refractivity contribution is 6.30. The first-order valence-corrected chi connectivity index (χ1v) is 8.56. The average Bonchev–Trinajstić information content (AvgIpc) is 2.61. The van der Waals surface area contributed by atoms with E-state index in [1.54, 1.807) is 24.3 Å². The standard InChI is InChI=1S/C17H18ClF3N4O/c18-12-2-1-3-14(8-12)24-16-23-10-11(15(25-16)17(19,20)21)9-22-13-4-6-26-7-5-13/h1-3,8,10,13,22H,4-7,9H2,(H,23,24,25). The summed E-state index contributed by atoms with van der Waals surface area (Å²) in [4.78, 5) is 7.69. The summed E-state index contributed by atoms with van der Waals surface area (Å²) in [6.07, 6.45) is -1.82. The highest BCUT2D eigenvalue weighted by Crippen LogP contribution is 2.31. The Kier molecular flexibility index (Phi) is 5.95. The SMILES string of the molecule is FC(F)(F)c1nc(Nc2cccc(Cl)c2)ncc1CNC1CCOCC1. The van der Waals surface area contributed by atoms with Crippen LogP contribution in [-0.4, -0.2) is 29.2 Å². The van der Waals surface area contributed by atoms with Crippen molar-refractivity contribution >= 4 is 23.2 Å². The van der Waals surface area contributed by atoms with Gasteiger partial charge in [-0.25, -0.2) is 9.97 Å². The van der Waals surface area contributed by atoms with Crippen molar-refractivity contribution in [2.45, 2.75) is 31.6 Å². The second-order valence-electron chi connectivity index (χ2n) is 5.97. The number of rotatable bonds is 5. The fraction of sp³-hybridized carbons (Fsp3) is 0.412. The maximum absolute atomic E-state index is 13.4. The summed E-state index contributed by atoms with van der Waals surface area (Å²) in [6.45, 7) is 1.28. The molecule has 2 aromatic rings. The van der Waals surface area contributed by atoms with E-state index in [9.17, 15) is 13.2 Å². The van der Waals surface area contributed by atoms with E-state index in [1.165, 1.54) is 6.20 Å². The van der Waals surface area contributed by atoms with Gasteiger partial charge in [-0.15, -0.1) is 0 Å². The van der Waals surface area contributed by atoms with Crippen LogP contribution >= 0.6 is 11.6 Å². The normalized spacial score (nSPS) is 15.8. The summed E-state index contributed by atoms with van der Waals surface area (Å²) in [5, 5.41) is 6.34. The summed E-state index contributed by atoms with van der Waals surface area (Å²) in [7, 11) is 0. The minimum absolute atomic E-state index is 0.0145. The average molecular weight is 387 g/mol. The van der Waals surface area contributed by atoms with E-state index >= 15 is 0 Å². The number of hydrogen-bond donors (Lipinski definition) is 2. The molecule has 2 N–H and O–H groups in total. The van der Waals surface area contributed by atoms with Gasteiger partial charge in [-0.1, -0.05) is 17.7 Å². The first-order valence-electron chi connectivity index (χ1n) is 8.18. The monoisotopic (exact) mass is 386 g/mol. The summed E-state index contributed by atoms with van der Waals surface area (Å²) in [5.41, 5.74) is -0.420. The van der Waals surface area contributed by atoms with E-state index in [0.29, 0.717) is 23.9 Å². The van der Waals surface area contributed by atoms with Crippen molar-refractivity contribution in [1.29, 1.82) is 0 Å². The molecule has 26 heavy (non-hydrogen) atoms. The molecule has 1 aromatic carbocycles. The van der Waals surface area contributed by atoms with Crippen LogP contribution in [0, 0.1) is 0 Å². The van der Waals surface area contributed by atoms with Gasteiger partial charge in [0.2, 0.25) is 5.95 Å². The molecule has 1 aromatic heterocycles. The van der Waals surface area contributed by atoms with Crippen molar-refractivity contribution in [3.8, 4) is 0 Å². The minimum Gasteiger partial charge on any atom is -0.381 e. The maximum Gasteiger partial charge on any atom is 0.433 e. The molecule has 0 spiro atoms. The van der Waals surface area contributed by atoms with Gasteiger partial charge in [0.1, 0.15) is 0 Å². The van der Waals surface area contributed by atoms with Crippen molar-refractivity contribution in [2.24, 2.45) is 0 Å². The van der Waals surface area contributed by atoms with Crippen molar-refractivity contribution in [2.75, 3.05) is 18.5 Å². The topological polar surface area (TPSA) is 59.1 Å². The van der Waals surface area contributed by atoms with Crippen molar-refractivity contribution in [3.05, 3.63) is 46.7 Å².